The van der Waals surface area contributed by atoms with Crippen LogP contribution in [0, 0.1) is 0 Å². The maximum Gasteiger partial charge on any atom is 0.191 e. The molecule has 1 aliphatic rings. The van der Waals surface area contributed by atoms with Gasteiger partial charge in [0, 0.05) is 43.2 Å². The molecule has 0 bridgehead atoms. The van der Waals surface area contributed by atoms with Crippen molar-refractivity contribution < 1.29 is 4.74 Å². The minimum atomic E-state index is 0.255. The molecule has 152 valence electrons. The van der Waals surface area contributed by atoms with Crippen molar-refractivity contribution in [3.8, 4) is 0 Å². The van der Waals surface area contributed by atoms with Crippen LogP contribution < -0.4 is 15.5 Å². The Morgan fingerprint density at radius 3 is 2.96 bits per heavy atom. The zero-order valence-electron chi connectivity index (χ0n) is 17.0. The molecule has 1 fully saturated rings. The lowest BCUT2D eigenvalue weighted by Gasteiger charge is -2.32. The van der Waals surface area contributed by atoms with Crippen LogP contribution in [0.1, 0.15) is 37.1 Å². The van der Waals surface area contributed by atoms with Gasteiger partial charge in [-0.2, -0.15) is 0 Å². The maximum atomic E-state index is 5.60. The Morgan fingerprint density at radius 2 is 2.29 bits per heavy atom. The number of guanidine groups is 1. The van der Waals surface area contributed by atoms with Crippen LogP contribution in [0.15, 0.2) is 40.8 Å². The van der Waals surface area contributed by atoms with E-state index in [0.29, 0.717) is 12.5 Å². The lowest BCUT2D eigenvalue weighted by molar-refractivity contribution is 0.0529. The summed E-state index contributed by atoms with van der Waals surface area (Å²) in [4.78, 5) is 13.0. The van der Waals surface area contributed by atoms with Crippen molar-refractivity contribution in [3.63, 3.8) is 0 Å². The fourth-order valence-electron chi connectivity index (χ4n) is 3.16. The first-order valence-corrected chi connectivity index (χ1v) is 10.9. The highest BCUT2D eigenvalue weighted by Gasteiger charge is 2.17. The van der Waals surface area contributed by atoms with Crippen molar-refractivity contribution in [3.05, 3.63) is 46.3 Å². The SMILES string of the molecule is CCNC(=NCc1ccc(N2CCOC(C)C2)nc1)NCC(C)c1cccs1. The third kappa shape index (κ3) is 5.94. The minimum absolute atomic E-state index is 0.255. The molecule has 2 aromatic rings. The van der Waals surface area contributed by atoms with Crippen molar-refractivity contribution in [1.82, 2.24) is 15.6 Å². The fraction of sp³-hybridized carbons (Fsp3) is 0.524. The summed E-state index contributed by atoms with van der Waals surface area (Å²) in [6, 6.07) is 8.49. The molecule has 0 amide bonds. The number of hydrogen-bond acceptors (Lipinski definition) is 5. The first kappa shape index (κ1) is 20.6. The summed E-state index contributed by atoms with van der Waals surface area (Å²) < 4.78 is 5.60. The largest absolute Gasteiger partial charge is 0.375 e. The highest BCUT2D eigenvalue weighted by Crippen LogP contribution is 2.19. The number of thiophene rings is 1. The standard InChI is InChI=1S/C21H31N5OS/c1-4-22-21(24-12-16(2)19-6-5-11-28-19)25-14-18-7-8-20(23-13-18)26-9-10-27-17(3)15-26/h5-8,11,13,16-17H,4,9-10,12,14-15H2,1-3H3,(H2,22,24,25). The summed E-state index contributed by atoms with van der Waals surface area (Å²) >= 11 is 1.80. The second-order valence-corrected chi connectivity index (χ2v) is 8.12. The van der Waals surface area contributed by atoms with Gasteiger partial charge >= 0.3 is 0 Å². The zero-order valence-corrected chi connectivity index (χ0v) is 17.8. The van der Waals surface area contributed by atoms with Crippen molar-refractivity contribution >= 4 is 23.1 Å². The van der Waals surface area contributed by atoms with Gasteiger partial charge in [0.05, 0.1) is 19.3 Å². The molecular formula is C21H31N5OS. The number of nitrogens with zero attached hydrogens (tertiary/aromatic N) is 3. The quantitative estimate of drug-likeness (QED) is 0.551. The van der Waals surface area contributed by atoms with Gasteiger partial charge in [0.15, 0.2) is 5.96 Å². The molecule has 0 aromatic carbocycles. The van der Waals surface area contributed by atoms with Crippen LogP contribution in [0.2, 0.25) is 0 Å². The van der Waals surface area contributed by atoms with E-state index in [1.54, 1.807) is 11.3 Å². The number of hydrogen-bond donors (Lipinski definition) is 2. The molecule has 7 heteroatoms. The summed E-state index contributed by atoms with van der Waals surface area (Å²) in [6.45, 7) is 11.3. The van der Waals surface area contributed by atoms with E-state index >= 15 is 0 Å². The van der Waals surface area contributed by atoms with Gasteiger partial charge in [0.25, 0.3) is 0 Å². The maximum absolute atomic E-state index is 5.60. The Balaban J connectivity index is 1.54. The predicted octanol–water partition coefficient (Wildman–Crippen LogP) is 3.23. The van der Waals surface area contributed by atoms with E-state index in [-0.39, 0.29) is 6.10 Å². The van der Waals surface area contributed by atoms with Crippen molar-refractivity contribution in [2.45, 2.75) is 39.3 Å². The molecule has 1 aliphatic heterocycles. The average molecular weight is 402 g/mol. The molecule has 2 atom stereocenters. The number of aromatic nitrogens is 1. The summed E-state index contributed by atoms with van der Waals surface area (Å²) in [5.41, 5.74) is 1.11. The van der Waals surface area contributed by atoms with Crippen molar-refractivity contribution in [1.29, 1.82) is 0 Å². The number of anilines is 1. The molecule has 3 rings (SSSR count). The number of aliphatic imine (C=N–C) groups is 1. The van der Waals surface area contributed by atoms with Gasteiger partial charge < -0.3 is 20.3 Å². The Labute approximate surface area is 172 Å². The van der Waals surface area contributed by atoms with E-state index in [1.807, 2.05) is 6.20 Å². The van der Waals surface area contributed by atoms with E-state index in [1.165, 1.54) is 4.88 Å². The Bertz CT molecular complexity index is 732. The molecule has 6 nitrogen and oxygen atoms in total. The minimum Gasteiger partial charge on any atom is -0.375 e. The Hall–Kier alpha value is -2.12. The number of nitrogens with one attached hydrogen (secondary N) is 2. The highest BCUT2D eigenvalue weighted by molar-refractivity contribution is 7.10. The van der Waals surface area contributed by atoms with E-state index in [4.69, 9.17) is 9.73 Å². The molecule has 0 spiro atoms. The van der Waals surface area contributed by atoms with Crippen LogP contribution in [0.5, 0.6) is 0 Å². The summed E-state index contributed by atoms with van der Waals surface area (Å²) in [5.74, 6) is 2.32. The van der Waals surface area contributed by atoms with E-state index in [2.05, 4.69) is 70.9 Å². The van der Waals surface area contributed by atoms with E-state index in [9.17, 15) is 0 Å². The van der Waals surface area contributed by atoms with Gasteiger partial charge in [-0.3, -0.25) is 0 Å². The van der Waals surface area contributed by atoms with Crippen LogP contribution >= 0.6 is 11.3 Å². The van der Waals surface area contributed by atoms with Gasteiger partial charge in [0.1, 0.15) is 5.82 Å². The van der Waals surface area contributed by atoms with Crippen LogP contribution in [-0.2, 0) is 11.3 Å². The smallest absolute Gasteiger partial charge is 0.191 e. The summed E-state index contributed by atoms with van der Waals surface area (Å²) in [7, 11) is 0. The van der Waals surface area contributed by atoms with Crippen molar-refractivity contribution in [2.24, 2.45) is 4.99 Å². The van der Waals surface area contributed by atoms with Gasteiger partial charge in [-0.15, -0.1) is 11.3 Å². The fourth-order valence-corrected chi connectivity index (χ4v) is 3.94. The first-order chi connectivity index (χ1) is 13.7. The van der Waals surface area contributed by atoms with E-state index in [0.717, 1.165) is 50.1 Å². The summed E-state index contributed by atoms with van der Waals surface area (Å²) in [6.07, 6.45) is 2.18. The predicted molar refractivity (Wildman–Crippen MR) is 117 cm³/mol. The molecule has 2 aromatic heterocycles. The molecule has 28 heavy (non-hydrogen) atoms. The molecule has 3 heterocycles. The number of rotatable bonds is 7. The molecule has 0 saturated carbocycles. The third-order valence-corrected chi connectivity index (χ3v) is 5.85. The monoisotopic (exact) mass is 401 g/mol. The molecule has 0 aliphatic carbocycles. The molecule has 2 N–H and O–H groups in total. The lowest BCUT2D eigenvalue weighted by atomic mass is 10.1. The highest BCUT2D eigenvalue weighted by atomic mass is 32.1. The third-order valence-electron chi connectivity index (χ3n) is 4.74. The number of ether oxygens (including phenoxy) is 1. The average Bonchev–Trinajstić information content (AvgIpc) is 3.25. The van der Waals surface area contributed by atoms with Gasteiger partial charge in [-0.1, -0.05) is 19.1 Å². The summed E-state index contributed by atoms with van der Waals surface area (Å²) in [5, 5.41) is 8.90. The Morgan fingerprint density at radius 1 is 1.39 bits per heavy atom. The van der Waals surface area contributed by atoms with Crippen molar-refractivity contribution in [2.75, 3.05) is 37.7 Å². The number of morpholine rings is 1. The molecule has 1 saturated heterocycles. The van der Waals surface area contributed by atoms with Crippen LogP contribution in [-0.4, -0.2) is 49.8 Å². The molecular weight excluding hydrogens is 370 g/mol. The second kappa shape index (κ2) is 10.4. The van der Waals surface area contributed by atoms with Crippen LogP contribution in [0.3, 0.4) is 0 Å². The van der Waals surface area contributed by atoms with Gasteiger partial charge in [-0.05, 0) is 36.9 Å². The first-order valence-electron chi connectivity index (χ1n) is 10.0. The van der Waals surface area contributed by atoms with Gasteiger partial charge in [-0.25, -0.2) is 9.98 Å². The zero-order chi connectivity index (χ0) is 19.8. The lowest BCUT2D eigenvalue weighted by Crippen LogP contribution is -2.41. The van der Waals surface area contributed by atoms with Crippen LogP contribution in [0.4, 0.5) is 5.82 Å². The van der Waals surface area contributed by atoms with Crippen LogP contribution in [0.25, 0.3) is 0 Å². The van der Waals surface area contributed by atoms with Gasteiger partial charge in [0.2, 0.25) is 0 Å². The topological polar surface area (TPSA) is 61.8 Å². The second-order valence-electron chi connectivity index (χ2n) is 7.14. The Kier molecular flexibility index (Phi) is 7.68. The molecule has 0 radical (unpaired) electrons. The molecule has 2 unspecified atom stereocenters. The normalized spacial score (nSPS) is 18.8. The number of pyridine rings is 1. The van der Waals surface area contributed by atoms with E-state index < -0.39 is 0 Å².